The van der Waals surface area contributed by atoms with E-state index in [1.165, 1.54) is 0 Å². The van der Waals surface area contributed by atoms with Gasteiger partial charge >= 0.3 is 0 Å². The van der Waals surface area contributed by atoms with Gasteiger partial charge in [0.1, 0.15) is 6.42 Å². The van der Waals surface area contributed by atoms with Crippen molar-refractivity contribution in [3.63, 3.8) is 0 Å². The van der Waals surface area contributed by atoms with E-state index in [0.29, 0.717) is 32.7 Å². The van der Waals surface area contributed by atoms with Gasteiger partial charge in [0, 0.05) is 58.1 Å². The predicted molar refractivity (Wildman–Crippen MR) is 113 cm³/mol. The molecule has 1 aromatic heterocycles. The van der Waals surface area contributed by atoms with Crippen LogP contribution in [0.4, 0.5) is 0 Å². The van der Waals surface area contributed by atoms with Crippen molar-refractivity contribution in [1.29, 1.82) is 0 Å². The molecule has 1 atom stereocenters. The van der Waals surface area contributed by atoms with Gasteiger partial charge in [0.05, 0.1) is 6.04 Å². The molecule has 3 heterocycles. The monoisotopic (exact) mass is 408 g/mol. The molecular weight excluding hydrogens is 380 g/mol. The average molecular weight is 409 g/mol. The van der Waals surface area contributed by atoms with Gasteiger partial charge in [-0.15, -0.1) is 0 Å². The Balaban J connectivity index is 1.50. The summed E-state index contributed by atoms with van der Waals surface area (Å²) in [4.78, 5) is 42.8. The minimum atomic E-state index is -0.191. The number of benzene rings is 1. The van der Waals surface area contributed by atoms with Crippen LogP contribution in [0.15, 0.2) is 42.6 Å². The van der Waals surface area contributed by atoms with Crippen LogP contribution in [-0.2, 0) is 20.9 Å². The van der Waals surface area contributed by atoms with Gasteiger partial charge in [-0.25, -0.2) is 0 Å². The topological polar surface area (TPSA) is 65.9 Å². The first kappa shape index (κ1) is 20.2. The molecule has 0 spiro atoms. The Morgan fingerprint density at radius 2 is 1.63 bits per heavy atom. The molecule has 1 fully saturated rings. The van der Waals surface area contributed by atoms with Crippen LogP contribution >= 0.6 is 0 Å². The van der Waals surface area contributed by atoms with E-state index < -0.39 is 0 Å². The van der Waals surface area contributed by atoms with Crippen molar-refractivity contribution in [3.8, 4) is 0 Å². The summed E-state index contributed by atoms with van der Waals surface area (Å²) in [5.41, 5.74) is 3.27. The van der Waals surface area contributed by atoms with Crippen molar-refractivity contribution in [3.05, 3.63) is 59.4 Å². The van der Waals surface area contributed by atoms with Crippen LogP contribution in [0.3, 0.4) is 0 Å². The summed E-state index contributed by atoms with van der Waals surface area (Å²) in [7, 11) is 0. The second-order valence-electron chi connectivity index (χ2n) is 8.09. The highest BCUT2D eigenvalue weighted by Gasteiger charge is 2.34. The third kappa shape index (κ3) is 3.97. The van der Waals surface area contributed by atoms with E-state index in [2.05, 4.69) is 16.7 Å². The quantitative estimate of drug-likeness (QED) is 0.728. The van der Waals surface area contributed by atoms with Gasteiger partial charge in [-0.05, 0) is 24.6 Å². The van der Waals surface area contributed by atoms with Gasteiger partial charge < -0.3 is 19.3 Å². The molecule has 1 saturated heterocycles. The minimum absolute atomic E-state index is 0.0236. The van der Waals surface area contributed by atoms with Crippen LogP contribution in [-0.4, -0.2) is 69.7 Å². The molecule has 2 aromatic rings. The van der Waals surface area contributed by atoms with E-state index in [1.54, 1.807) is 16.7 Å². The largest absolute Gasteiger partial charge is 0.348 e. The molecule has 2 aliphatic heterocycles. The number of aryl methyl sites for hydroxylation is 1. The molecule has 0 unspecified atom stereocenters. The van der Waals surface area contributed by atoms with Crippen molar-refractivity contribution in [2.75, 3.05) is 32.7 Å². The van der Waals surface area contributed by atoms with E-state index in [-0.39, 0.29) is 30.2 Å². The number of nitrogens with zero attached hydrogens (tertiary/aromatic N) is 4. The summed E-state index contributed by atoms with van der Waals surface area (Å²) in [5.74, 6) is -0.282. The summed E-state index contributed by atoms with van der Waals surface area (Å²) >= 11 is 0. The summed E-state index contributed by atoms with van der Waals surface area (Å²) in [6, 6.07) is 12.1. The molecule has 2 aliphatic rings. The highest BCUT2D eigenvalue weighted by atomic mass is 16.2. The molecule has 0 N–H and O–H groups in total. The zero-order valence-corrected chi connectivity index (χ0v) is 17.6. The van der Waals surface area contributed by atoms with Crippen molar-refractivity contribution >= 4 is 17.7 Å². The van der Waals surface area contributed by atoms with Crippen LogP contribution in [0.5, 0.6) is 0 Å². The van der Waals surface area contributed by atoms with E-state index in [1.807, 2.05) is 42.3 Å². The number of aromatic nitrogens is 1. The Morgan fingerprint density at radius 1 is 0.900 bits per heavy atom. The van der Waals surface area contributed by atoms with Crippen LogP contribution in [0.1, 0.15) is 36.2 Å². The van der Waals surface area contributed by atoms with E-state index in [4.69, 9.17) is 0 Å². The SMILES string of the molecule is CC(=O)N1CCN(C(=O)CC(=O)N2CCn3cccc3[C@H]2c2cccc(C)c2)CC1. The van der Waals surface area contributed by atoms with E-state index >= 15 is 0 Å². The zero-order valence-electron chi connectivity index (χ0n) is 17.6. The molecular formula is C23H28N4O3. The number of hydrogen-bond acceptors (Lipinski definition) is 3. The summed E-state index contributed by atoms with van der Waals surface area (Å²) in [6.07, 6.45) is 1.91. The highest BCUT2D eigenvalue weighted by molar-refractivity contribution is 5.97. The summed E-state index contributed by atoms with van der Waals surface area (Å²) < 4.78 is 2.18. The molecule has 3 amide bonds. The lowest BCUT2D eigenvalue weighted by Crippen LogP contribution is -2.51. The molecule has 4 rings (SSSR count). The van der Waals surface area contributed by atoms with Crippen LogP contribution < -0.4 is 0 Å². The average Bonchev–Trinajstić information content (AvgIpc) is 3.21. The standard InChI is InChI=1S/C23H28N4O3/c1-17-5-3-6-19(15-17)23-20-7-4-8-25(20)13-14-27(23)22(30)16-21(29)26-11-9-24(10-12-26)18(2)28/h3-8,15,23H,9-14,16H2,1-2H3/t23-/m1/s1. The van der Waals surface area contributed by atoms with Gasteiger partial charge in [0.2, 0.25) is 17.7 Å². The number of rotatable bonds is 3. The normalized spacial score (nSPS) is 18.9. The van der Waals surface area contributed by atoms with Gasteiger partial charge in [0.25, 0.3) is 0 Å². The maximum atomic E-state index is 13.2. The Hall–Kier alpha value is -3.09. The molecule has 1 aromatic carbocycles. The fourth-order valence-corrected chi connectivity index (χ4v) is 4.46. The Morgan fingerprint density at radius 3 is 2.33 bits per heavy atom. The number of fused-ring (bicyclic) bond motifs is 1. The van der Waals surface area contributed by atoms with Crippen LogP contribution in [0.2, 0.25) is 0 Å². The zero-order chi connectivity index (χ0) is 21.3. The Kier molecular flexibility index (Phi) is 5.61. The number of hydrogen-bond donors (Lipinski definition) is 0. The van der Waals surface area contributed by atoms with Gasteiger partial charge in [-0.3, -0.25) is 14.4 Å². The first-order chi connectivity index (χ1) is 14.4. The smallest absolute Gasteiger partial charge is 0.232 e. The molecule has 7 heteroatoms. The van der Waals surface area contributed by atoms with Gasteiger partial charge in [0.15, 0.2) is 0 Å². The first-order valence-corrected chi connectivity index (χ1v) is 10.5. The highest BCUT2D eigenvalue weighted by Crippen LogP contribution is 2.33. The lowest BCUT2D eigenvalue weighted by Gasteiger charge is -2.38. The molecule has 0 saturated carbocycles. The van der Waals surface area contributed by atoms with Crippen molar-refractivity contribution < 1.29 is 14.4 Å². The number of piperazine rings is 1. The molecule has 7 nitrogen and oxygen atoms in total. The molecule has 0 aliphatic carbocycles. The molecule has 30 heavy (non-hydrogen) atoms. The number of amides is 3. The summed E-state index contributed by atoms with van der Waals surface area (Å²) in [5, 5.41) is 0. The predicted octanol–water partition coefficient (Wildman–Crippen LogP) is 1.81. The van der Waals surface area contributed by atoms with Crippen LogP contribution in [0.25, 0.3) is 0 Å². The van der Waals surface area contributed by atoms with Crippen molar-refractivity contribution in [1.82, 2.24) is 19.3 Å². The van der Waals surface area contributed by atoms with Crippen molar-refractivity contribution in [2.45, 2.75) is 32.9 Å². The van der Waals surface area contributed by atoms with Crippen molar-refractivity contribution in [2.24, 2.45) is 0 Å². The lowest BCUT2D eigenvalue weighted by molar-refractivity contribution is -0.145. The molecule has 158 valence electrons. The maximum absolute atomic E-state index is 13.2. The third-order valence-corrected chi connectivity index (χ3v) is 6.10. The lowest BCUT2D eigenvalue weighted by atomic mass is 9.98. The second-order valence-corrected chi connectivity index (χ2v) is 8.09. The molecule has 0 radical (unpaired) electrons. The number of carbonyl (C=O) groups excluding carboxylic acids is 3. The van der Waals surface area contributed by atoms with E-state index in [0.717, 1.165) is 23.4 Å². The van der Waals surface area contributed by atoms with E-state index in [9.17, 15) is 14.4 Å². The fraction of sp³-hybridized carbons (Fsp3) is 0.435. The minimum Gasteiger partial charge on any atom is -0.348 e. The maximum Gasteiger partial charge on any atom is 0.232 e. The Bertz CT molecular complexity index is 959. The van der Waals surface area contributed by atoms with Gasteiger partial charge in [-0.1, -0.05) is 29.8 Å². The second kappa shape index (κ2) is 8.34. The number of carbonyl (C=O) groups is 3. The summed E-state index contributed by atoms with van der Waals surface area (Å²) in [6.45, 7) is 6.90. The first-order valence-electron chi connectivity index (χ1n) is 10.5. The fourth-order valence-electron chi connectivity index (χ4n) is 4.46. The van der Waals surface area contributed by atoms with Gasteiger partial charge in [-0.2, -0.15) is 0 Å². The third-order valence-electron chi connectivity index (χ3n) is 6.10. The van der Waals surface area contributed by atoms with Crippen LogP contribution in [0, 0.1) is 6.92 Å². The Labute approximate surface area is 176 Å². The molecule has 0 bridgehead atoms.